The lowest BCUT2D eigenvalue weighted by atomic mass is 10.1. The maximum atomic E-state index is 12.7. The van der Waals surface area contributed by atoms with Crippen molar-refractivity contribution in [2.75, 3.05) is 12.4 Å². The minimum atomic E-state index is -0.389. The van der Waals surface area contributed by atoms with Crippen LogP contribution in [-0.2, 0) is 6.42 Å². The van der Waals surface area contributed by atoms with Gasteiger partial charge in [0.2, 0.25) is 4.96 Å². The molecule has 2 heterocycles. The molecule has 10 heteroatoms. The van der Waals surface area contributed by atoms with Crippen LogP contribution in [0, 0.1) is 0 Å². The number of fused-ring (bicyclic) bond motifs is 1. The summed E-state index contributed by atoms with van der Waals surface area (Å²) < 4.78 is 7.12. The van der Waals surface area contributed by atoms with Crippen molar-refractivity contribution in [2.24, 2.45) is 0 Å². The maximum Gasteiger partial charge on any atom is 0.257 e. The average Bonchev–Trinajstić information content (AvgIpc) is 3.30. The number of methoxy groups -OCH3 is 1. The zero-order valence-corrected chi connectivity index (χ0v) is 17.8. The van der Waals surface area contributed by atoms with Crippen LogP contribution >= 0.6 is 34.5 Å². The molecule has 29 heavy (non-hydrogen) atoms. The number of aryl methyl sites for hydroxylation is 1. The molecule has 4 rings (SSSR count). The first-order valence-electron chi connectivity index (χ1n) is 8.66. The number of hydrogen-bond donors (Lipinski definition) is 1. The van der Waals surface area contributed by atoms with E-state index >= 15 is 0 Å². The Kier molecular flexibility index (Phi) is 5.40. The second-order valence-electron chi connectivity index (χ2n) is 6.06. The highest BCUT2D eigenvalue weighted by Crippen LogP contribution is 2.33. The van der Waals surface area contributed by atoms with E-state index in [2.05, 4.69) is 20.6 Å². The Labute approximate surface area is 180 Å². The van der Waals surface area contributed by atoms with Gasteiger partial charge in [0.25, 0.3) is 5.91 Å². The molecule has 0 spiro atoms. The first-order valence-corrected chi connectivity index (χ1v) is 10.2. The fourth-order valence-electron chi connectivity index (χ4n) is 2.79. The molecule has 0 fully saturated rings. The smallest absolute Gasteiger partial charge is 0.257 e. The van der Waals surface area contributed by atoms with Crippen molar-refractivity contribution in [1.29, 1.82) is 0 Å². The molecule has 1 amide bonds. The number of rotatable bonds is 5. The van der Waals surface area contributed by atoms with Crippen LogP contribution in [0.4, 0.5) is 5.69 Å². The summed E-state index contributed by atoms with van der Waals surface area (Å²) in [4.78, 5) is 13.5. The fourth-order valence-corrected chi connectivity index (χ4v) is 4.02. The van der Waals surface area contributed by atoms with Crippen LogP contribution in [0.3, 0.4) is 0 Å². The highest BCUT2D eigenvalue weighted by molar-refractivity contribution is 7.19. The third kappa shape index (κ3) is 3.78. The van der Waals surface area contributed by atoms with Crippen molar-refractivity contribution in [2.45, 2.75) is 13.3 Å². The van der Waals surface area contributed by atoms with Gasteiger partial charge in [0.05, 0.1) is 23.4 Å². The lowest BCUT2D eigenvalue weighted by Crippen LogP contribution is -2.13. The van der Waals surface area contributed by atoms with Crippen LogP contribution in [0.1, 0.15) is 23.1 Å². The maximum absolute atomic E-state index is 12.7. The van der Waals surface area contributed by atoms with Gasteiger partial charge in [-0.2, -0.15) is 9.61 Å². The second kappa shape index (κ2) is 7.98. The predicted octanol–water partition coefficient (Wildman–Crippen LogP) is 4.98. The standard InChI is InChI=1S/C19H15Cl2N5O2S/c1-3-16-23-24-19-26(16)25-18(29-19)10-4-7-15(28-2)14(8-10)22-17(27)12-9-11(20)5-6-13(12)21/h4-9H,3H2,1-2H3,(H,22,27). The molecule has 0 bridgehead atoms. The van der Waals surface area contributed by atoms with Gasteiger partial charge in [0.15, 0.2) is 5.82 Å². The van der Waals surface area contributed by atoms with Crippen molar-refractivity contribution in [3.63, 3.8) is 0 Å². The number of aromatic nitrogens is 4. The second-order valence-corrected chi connectivity index (χ2v) is 7.86. The quantitative estimate of drug-likeness (QED) is 0.466. The highest BCUT2D eigenvalue weighted by Gasteiger charge is 2.17. The fraction of sp³-hybridized carbons (Fsp3) is 0.158. The predicted molar refractivity (Wildman–Crippen MR) is 114 cm³/mol. The Balaban J connectivity index is 1.70. The Morgan fingerprint density at radius 3 is 2.79 bits per heavy atom. The molecule has 0 unspecified atom stereocenters. The van der Waals surface area contributed by atoms with Crippen LogP contribution in [0.25, 0.3) is 15.5 Å². The minimum Gasteiger partial charge on any atom is -0.495 e. The molecule has 7 nitrogen and oxygen atoms in total. The third-order valence-electron chi connectivity index (χ3n) is 4.24. The monoisotopic (exact) mass is 447 g/mol. The first-order chi connectivity index (χ1) is 14.0. The Hall–Kier alpha value is -2.68. The summed E-state index contributed by atoms with van der Waals surface area (Å²) in [5, 5.41) is 17.2. The molecule has 0 aliphatic heterocycles. The van der Waals surface area contributed by atoms with Crippen LogP contribution in [0.2, 0.25) is 10.0 Å². The van der Waals surface area contributed by atoms with Gasteiger partial charge in [-0.3, -0.25) is 4.79 Å². The van der Waals surface area contributed by atoms with Gasteiger partial charge in [-0.1, -0.05) is 41.5 Å². The largest absolute Gasteiger partial charge is 0.495 e. The zero-order chi connectivity index (χ0) is 20.5. The highest BCUT2D eigenvalue weighted by atomic mass is 35.5. The van der Waals surface area contributed by atoms with Crippen molar-refractivity contribution < 1.29 is 9.53 Å². The minimum absolute atomic E-state index is 0.276. The summed E-state index contributed by atoms with van der Waals surface area (Å²) in [5.74, 6) is 0.914. The summed E-state index contributed by atoms with van der Waals surface area (Å²) >= 11 is 13.6. The number of anilines is 1. The van der Waals surface area contributed by atoms with Crippen molar-refractivity contribution in [1.82, 2.24) is 19.8 Å². The van der Waals surface area contributed by atoms with Gasteiger partial charge in [0, 0.05) is 17.0 Å². The average molecular weight is 448 g/mol. The van der Waals surface area contributed by atoms with E-state index < -0.39 is 0 Å². The molecule has 148 valence electrons. The Morgan fingerprint density at radius 2 is 2.03 bits per heavy atom. The van der Waals surface area contributed by atoms with Gasteiger partial charge in [0.1, 0.15) is 10.8 Å². The number of ether oxygens (including phenoxy) is 1. The summed E-state index contributed by atoms with van der Waals surface area (Å²) in [6, 6.07) is 10.2. The topological polar surface area (TPSA) is 81.4 Å². The molecule has 0 saturated heterocycles. The van der Waals surface area contributed by atoms with Gasteiger partial charge in [-0.05, 0) is 36.4 Å². The van der Waals surface area contributed by atoms with E-state index in [1.807, 2.05) is 13.0 Å². The van der Waals surface area contributed by atoms with Gasteiger partial charge < -0.3 is 10.1 Å². The van der Waals surface area contributed by atoms with E-state index in [9.17, 15) is 4.79 Å². The lowest BCUT2D eigenvalue weighted by molar-refractivity contribution is 0.102. The summed E-state index contributed by atoms with van der Waals surface area (Å²) in [7, 11) is 1.54. The zero-order valence-electron chi connectivity index (χ0n) is 15.4. The van der Waals surface area contributed by atoms with E-state index in [0.29, 0.717) is 26.4 Å². The van der Waals surface area contributed by atoms with E-state index in [4.69, 9.17) is 27.9 Å². The van der Waals surface area contributed by atoms with E-state index in [1.54, 1.807) is 28.8 Å². The molecule has 0 aliphatic rings. The number of carbonyl (C=O) groups excluding carboxylic acids is 1. The Morgan fingerprint density at radius 1 is 1.21 bits per heavy atom. The molecular weight excluding hydrogens is 433 g/mol. The summed E-state index contributed by atoms with van der Waals surface area (Å²) in [6.07, 6.45) is 0.731. The summed E-state index contributed by atoms with van der Waals surface area (Å²) in [6.45, 7) is 2.00. The molecule has 0 saturated carbocycles. The van der Waals surface area contributed by atoms with Gasteiger partial charge in [-0.25, -0.2) is 0 Å². The number of carbonyl (C=O) groups is 1. The van der Waals surface area contributed by atoms with Crippen molar-refractivity contribution in [3.05, 3.63) is 57.8 Å². The summed E-state index contributed by atoms with van der Waals surface area (Å²) in [5.41, 5.74) is 1.58. The molecular formula is C19H15Cl2N5O2S. The molecule has 4 aromatic rings. The molecule has 0 aliphatic carbocycles. The normalized spacial score (nSPS) is 11.0. The van der Waals surface area contributed by atoms with Crippen LogP contribution in [-0.4, -0.2) is 32.8 Å². The molecule has 0 atom stereocenters. The van der Waals surface area contributed by atoms with Crippen molar-refractivity contribution in [3.8, 4) is 16.3 Å². The number of nitrogens with one attached hydrogen (secondary N) is 1. The van der Waals surface area contributed by atoms with E-state index in [1.165, 1.54) is 24.5 Å². The molecule has 1 N–H and O–H groups in total. The number of amides is 1. The van der Waals surface area contributed by atoms with Gasteiger partial charge in [-0.15, -0.1) is 10.2 Å². The lowest BCUT2D eigenvalue weighted by Gasteiger charge is -2.12. The van der Waals surface area contributed by atoms with Gasteiger partial charge >= 0.3 is 0 Å². The van der Waals surface area contributed by atoms with Crippen LogP contribution in [0.15, 0.2) is 36.4 Å². The first kappa shape index (κ1) is 19.6. The number of benzene rings is 2. The Bertz CT molecular complexity index is 1220. The number of nitrogens with zero attached hydrogens (tertiary/aromatic N) is 4. The molecule has 2 aromatic carbocycles. The third-order valence-corrected chi connectivity index (χ3v) is 5.75. The SMILES string of the molecule is CCc1nnc2sc(-c3ccc(OC)c(NC(=O)c4cc(Cl)ccc4Cl)c3)nn12. The molecule has 0 radical (unpaired) electrons. The van der Waals surface area contributed by atoms with Crippen molar-refractivity contribution >= 4 is 51.1 Å². The number of halogens is 2. The van der Waals surface area contributed by atoms with Crippen LogP contribution in [0.5, 0.6) is 5.75 Å². The van der Waals surface area contributed by atoms with E-state index in [0.717, 1.165) is 22.8 Å². The molecule has 2 aromatic heterocycles. The van der Waals surface area contributed by atoms with Crippen LogP contribution < -0.4 is 10.1 Å². The van der Waals surface area contributed by atoms with E-state index in [-0.39, 0.29) is 11.5 Å². The number of hydrogen-bond acceptors (Lipinski definition) is 6.